The summed E-state index contributed by atoms with van der Waals surface area (Å²) in [5, 5.41) is 4.15. The molecule has 26 heavy (non-hydrogen) atoms. The molecule has 0 atom stereocenters. The van der Waals surface area contributed by atoms with Gasteiger partial charge >= 0.3 is 0 Å². The number of anilines is 1. The minimum Gasteiger partial charge on any atom is -0.298 e. The normalized spacial score (nSPS) is 11.7. The molecule has 0 bridgehead atoms. The minimum absolute atomic E-state index is 0.0486. The van der Waals surface area contributed by atoms with Crippen LogP contribution in [-0.4, -0.2) is 40.1 Å². The van der Waals surface area contributed by atoms with Gasteiger partial charge in [-0.15, -0.1) is 0 Å². The molecule has 136 valence electrons. The van der Waals surface area contributed by atoms with Crippen LogP contribution < -0.4 is 4.72 Å². The summed E-state index contributed by atoms with van der Waals surface area (Å²) in [6.07, 6.45) is 7.04. The van der Waals surface area contributed by atoms with Crippen LogP contribution in [0.5, 0.6) is 0 Å². The van der Waals surface area contributed by atoms with E-state index in [1.807, 2.05) is 26.5 Å². The molecule has 1 N–H and O–H groups in total. The van der Waals surface area contributed by atoms with Crippen molar-refractivity contribution in [1.29, 1.82) is 0 Å². The van der Waals surface area contributed by atoms with E-state index in [0.717, 1.165) is 17.7 Å². The zero-order valence-electron chi connectivity index (χ0n) is 14.6. The highest BCUT2D eigenvalue weighted by molar-refractivity contribution is 7.92. The second-order valence-electron chi connectivity index (χ2n) is 6.03. The lowest BCUT2D eigenvalue weighted by Gasteiger charge is -2.15. The first-order valence-electron chi connectivity index (χ1n) is 7.97. The number of nitrogens with one attached hydrogen (secondary N) is 1. The van der Waals surface area contributed by atoms with Gasteiger partial charge in [0, 0.05) is 49.9 Å². The molecule has 9 heteroatoms. The highest BCUT2D eigenvalue weighted by Gasteiger charge is 2.15. The number of hydrogen-bond donors (Lipinski definition) is 1. The van der Waals surface area contributed by atoms with E-state index in [2.05, 4.69) is 24.7 Å². The van der Waals surface area contributed by atoms with Crippen molar-refractivity contribution in [2.45, 2.75) is 18.0 Å². The zero-order valence-corrected chi connectivity index (χ0v) is 15.4. The number of rotatable bonds is 7. The van der Waals surface area contributed by atoms with Gasteiger partial charge in [0.25, 0.3) is 10.0 Å². The molecule has 0 fully saturated rings. The first kappa shape index (κ1) is 18.0. The van der Waals surface area contributed by atoms with E-state index in [9.17, 15) is 8.42 Å². The van der Waals surface area contributed by atoms with E-state index in [0.29, 0.717) is 6.54 Å². The van der Waals surface area contributed by atoms with Gasteiger partial charge in [0.2, 0.25) is 5.95 Å². The summed E-state index contributed by atoms with van der Waals surface area (Å²) in [4.78, 5) is 10.5. The van der Waals surface area contributed by atoms with Gasteiger partial charge in [-0.2, -0.15) is 5.10 Å². The Bertz CT molecular complexity index is 954. The third-order valence-corrected chi connectivity index (χ3v) is 4.99. The van der Waals surface area contributed by atoms with E-state index in [1.54, 1.807) is 35.3 Å². The van der Waals surface area contributed by atoms with E-state index in [1.165, 1.54) is 12.1 Å². The van der Waals surface area contributed by atoms with Gasteiger partial charge in [0.1, 0.15) is 0 Å². The Morgan fingerprint density at radius 2 is 1.69 bits per heavy atom. The van der Waals surface area contributed by atoms with Crippen LogP contribution in [0.1, 0.15) is 11.1 Å². The number of aryl methyl sites for hydroxylation is 1. The maximum atomic E-state index is 12.3. The van der Waals surface area contributed by atoms with Crippen LogP contribution in [0.15, 0.2) is 60.0 Å². The van der Waals surface area contributed by atoms with Gasteiger partial charge < -0.3 is 0 Å². The number of sulfonamides is 1. The Morgan fingerprint density at radius 3 is 2.31 bits per heavy atom. The van der Waals surface area contributed by atoms with Crippen molar-refractivity contribution in [2.75, 3.05) is 11.8 Å². The molecule has 8 nitrogen and oxygen atoms in total. The van der Waals surface area contributed by atoms with Crippen molar-refractivity contribution in [3.63, 3.8) is 0 Å². The topological polar surface area (TPSA) is 93.0 Å². The van der Waals surface area contributed by atoms with E-state index >= 15 is 0 Å². The monoisotopic (exact) mass is 372 g/mol. The lowest BCUT2D eigenvalue weighted by atomic mass is 10.3. The van der Waals surface area contributed by atoms with Crippen molar-refractivity contribution < 1.29 is 8.42 Å². The van der Waals surface area contributed by atoms with Crippen LogP contribution in [0.3, 0.4) is 0 Å². The van der Waals surface area contributed by atoms with Gasteiger partial charge in [0.15, 0.2) is 0 Å². The molecule has 0 saturated heterocycles. The first-order valence-corrected chi connectivity index (χ1v) is 9.45. The molecule has 0 saturated carbocycles. The molecule has 0 aliphatic carbocycles. The molecule has 0 amide bonds. The van der Waals surface area contributed by atoms with Crippen molar-refractivity contribution in [3.05, 3.63) is 66.2 Å². The number of nitrogens with zero attached hydrogens (tertiary/aromatic N) is 5. The van der Waals surface area contributed by atoms with Crippen LogP contribution in [0.2, 0.25) is 0 Å². The Hall–Kier alpha value is -2.78. The maximum Gasteiger partial charge on any atom is 0.264 e. The molecule has 1 aromatic carbocycles. The summed E-state index contributed by atoms with van der Waals surface area (Å²) in [5.41, 5.74) is 2.00. The smallest absolute Gasteiger partial charge is 0.264 e. The lowest BCUT2D eigenvalue weighted by Crippen LogP contribution is -2.18. The summed E-state index contributed by atoms with van der Waals surface area (Å²) in [6.45, 7) is 1.39. The third-order valence-electron chi connectivity index (χ3n) is 3.65. The highest BCUT2D eigenvalue weighted by atomic mass is 32.2. The van der Waals surface area contributed by atoms with Crippen molar-refractivity contribution in [2.24, 2.45) is 7.05 Å². The van der Waals surface area contributed by atoms with E-state index < -0.39 is 10.0 Å². The fourth-order valence-electron chi connectivity index (χ4n) is 2.50. The van der Waals surface area contributed by atoms with E-state index in [-0.39, 0.29) is 10.8 Å². The largest absolute Gasteiger partial charge is 0.298 e. The van der Waals surface area contributed by atoms with Crippen molar-refractivity contribution in [1.82, 2.24) is 24.6 Å². The first-order chi connectivity index (χ1) is 12.4. The average molecular weight is 372 g/mol. The second kappa shape index (κ2) is 7.63. The third kappa shape index (κ3) is 4.64. The number of hydrogen-bond acceptors (Lipinski definition) is 6. The molecule has 2 heterocycles. The van der Waals surface area contributed by atoms with Crippen LogP contribution in [-0.2, 0) is 30.2 Å². The Balaban J connectivity index is 1.61. The summed E-state index contributed by atoms with van der Waals surface area (Å²) < 4.78 is 28.7. The quantitative estimate of drug-likeness (QED) is 0.678. The maximum absolute atomic E-state index is 12.3. The van der Waals surface area contributed by atoms with Crippen LogP contribution in [0.25, 0.3) is 0 Å². The number of benzene rings is 1. The van der Waals surface area contributed by atoms with Crippen LogP contribution >= 0.6 is 0 Å². The average Bonchev–Trinajstić information content (AvgIpc) is 3.02. The minimum atomic E-state index is -3.68. The lowest BCUT2D eigenvalue weighted by molar-refractivity contribution is 0.318. The molecule has 0 aliphatic heterocycles. The predicted octanol–water partition coefficient (Wildman–Crippen LogP) is 1.64. The molecule has 0 spiro atoms. The van der Waals surface area contributed by atoms with Gasteiger partial charge in [-0.1, -0.05) is 18.2 Å². The Kier molecular flexibility index (Phi) is 5.29. The molecule has 0 radical (unpaired) electrons. The second-order valence-corrected chi connectivity index (χ2v) is 7.71. The highest BCUT2D eigenvalue weighted by Crippen LogP contribution is 2.13. The van der Waals surface area contributed by atoms with Gasteiger partial charge in [0.05, 0.1) is 11.1 Å². The zero-order chi connectivity index (χ0) is 18.6. The summed E-state index contributed by atoms with van der Waals surface area (Å²) in [5.74, 6) is 0.0486. The van der Waals surface area contributed by atoms with Crippen LogP contribution in [0, 0.1) is 0 Å². The Labute approximate surface area is 152 Å². The van der Waals surface area contributed by atoms with Gasteiger partial charge in [-0.25, -0.2) is 23.1 Å². The predicted molar refractivity (Wildman–Crippen MR) is 97.7 cm³/mol. The SMILES string of the molecule is CN(Cc1cnc(NS(=O)(=O)c2ccccc2)nc1)Cc1cnn(C)c1. The molecule has 0 unspecified atom stereocenters. The molecular formula is C17H20N6O2S. The van der Waals surface area contributed by atoms with Crippen molar-refractivity contribution in [3.8, 4) is 0 Å². The molecule has 3 aromatic rings. The molecule has 0 aliphatic rings. The molecule has 2 aromatic heterocycles. The van der Waals surface area contributed by atoms with Gasteiger partial charge in [-0.3, -0.25) is 9.58 Å². The molecular weight excluding hydrogens is 352 g/mol. The fraction of sp³-hybridized carbons (Fsp3) is 0.235. The summed E-state index contributed by atoms with van der Waals surface area (Å²) in [7, 11) is 0.184. The summed E-state index contributed by atoms with van der Waals surface area (Å²) in [6, 6.07) is 8.12. The van der Waals surface area contributed by atoms with Crippen LogP contribution in [0.4, 0.5) is 5.95 Å². The summed E-state index contributed by atoms with van der Waals surface area (Å²) >= 11 is 0. The van der Waals surface area contributed by atoms with Gasteiger partial charge in [-0.05, 0) is 19.2 Å². The Morgan fingerprint density at radius 1 is 1.04 bits per heavy atom. The van der Waals surface area contributed by atoms with Crippen molar-refractivity contribution >= 4 is 16.0 Å². The van der Waals surface area contributed by atoms with E-state index in [4.69, 9.17) is 0 Å². The fourth-order valence-corrected chi connectivity index (χ4v) is 3.48. The number of aromatic nitrogens is 4. The standard InChI is InChI=1S/C17H20N6O2S/c1-22(12-15-10-20-23(2)13-15)11-14-8-18-17(19-9-14)21-26(24,25)16-6-4-3-5-7-16/h3-10,13H,11-12H2,1-2H3,(H,18,19,21). The molecule has 3 rings (SSSR count).